The number of amides is 2. The van der Waals surface area contributed by atoms with E-state index >= 15 is 0 Å². The summed E-state index contributed by atoms with van der Waals surface area (Å²) in [7, 11) is 0. The van der Waals surface area contributed by atoms with Crippen LogP contribution in [0.3, 0.4) is 0 Å². The number of amidine groups is 1. The highest BCUT2D eigenvalue weighted by atomic mass is 16.4. The van der Waals surface area contributed by atoms with E-state index in [4.69, 9.17) is 0 Å². The Morgan fingerprint density at radius 3 is 2.73 bits per heavy atom. The molecule has 2 aliphatic heterocycles. The molecule has 0 spiro atoms. The molecule has 2 heterocycles. The normalized spacial score (nSPS) is 22.4. The van der Waals surface area contributed by atoms with Gasteiger partial charge in [-0.25, -0.2) is 4.79 Å². The molecular weight excluding hydrogens is 334 g/mol. The zero-order valence-electron chi connectivity index (χ0n) is 14.3. The van der Waals surface area contributed by atoms with Gasteiger partial charge < -0.3 is 15.3 Å². The van der Waals surface area contributed by atoms with E-state index in [1.54, 1.807) is 48.4 Å². The van der Waals surface area contributed by atoms with E-state index in [1.165, 1.54) is 0 Å². The summed E-state index contributed by atoms with van der Waals surface area (Å²) in [5.41, 5.74) is -0.437. The lowest BCUT2D eigenvalue weighted by molar-refractivity contribution is -0.144. The molecule has 26 heavy (non-hydrogen) atoms. The Kier molecular flexibility index (Phi) is 4.71. The van der Waals surface area contributed by atoms with Gasteiger partial charge in [-0.2, -0.15) is 4.99 Å². The minimum Gasteiger partial charge on any atom is -0.480 e. The molecule has 2 N–H and O–H groups in total. The highest BCUT2D eigenvalue weighted by Gasteiger charge is 2.46. The number of aliphatic carboxylic acids is 1. The van der Waals surface area contributed by atoms with E-state index in [9.17, 15) is 19.5 Å². The number of benzene rings is 1. The lowest BCUT2D eigenvalue weighted by Crippen LogP contribution is -2.62. The van der Waals surface area contributed by atoms with Crippen LogP contribution in [0.5, 0.6) is 0 Å². The number of allylic oxidation sites excluding steroid dienone is 2. The molecular formula is C19H19N3O4. The summed E-state index contributed by atoms with van der Waals surface area (Å²) in [6.07, 6.45) is 6.79. The van der Waals surface area contributed by atoms with Crippen molar-refractivity contribution in [1.29, 1.82) is 0 Å². The smallest absolute Gasteiger partial charge is 0.326 e. The molecule has 7 nitrogen and oxygen atoms in total. The maximum Gasteiger partial charge on any atom is 0.326 e. The molecule has 0 saturated heterocycles. The van der Waals surface area contributed by atoms with Crippen LogP contribution in [0, 0.1) is 0 Å². The first-order valence-electron chi connectivity index (χ1n) is 8.23. The van der Waals surface area contributed by atoms with Crippen molar-refractivity contribution in [2.24, 2.45) is 4.99 Å². The Morgan fingerprint density at radius 1 is 1.31 bits per heavy atom. The zero-order chi connectivity index (χ0) is 18.7. The van der Waals surface area contributed by atoms with Gasteiger partial charge in [0.05, 0.1) is 6.42 Å². The van der Waals surface area contributed by atoms with Gasteiger partial charge in [0.1, 0.15) is 17.4 Å². The third-order valence-corrected chi connectivity index (χ3v) is 4.48. The van der Waals surface area contributed by atoms with Gasteiger partial charge in [0, 0.05) is 12.6 Å². The van der Waals surface area contributed by atoms with Gasteiger partial charge in [-0.1, -0.05) is 36.4 Å². The maximum atomic E-state index is 12.9. The fourth-order valence-electron chi connectivity index (χ4n) is 3.04. The first-order chi connectivity index (χ1) is 12.4. The van der Waals surface area contributed by atoms with Crippen LogP contribution in [0.25, 0.3) is 0 Å². The van der Waals surface area contributed by atoms with Crippen LogP contribution in [-0.4, -0.2) is 45.2 Å². The summed E-state index contributed by atoms with van der Waals surface area (Å²) in [6.45, 7) is 1.61. The summed E-state index contributed by atoms with van der Waals surface area (Å²) in [4.78, 5) is 42.1. The van der Waals surface area contributed by atoms with Crippen molar-refractivity contribution in [2.45, 2.75) is 31.3 Å². The fourth-order valence-corrected chi connectivity index (χ4v) is 3.04. The Balaban J connectivity index is 1.81. The molecule has 0 saturated carbocycles. The topological polar surface area (TPSA) is 99.1 Å². The predicted octanol–water partition coefficient (Wildman–Crippen LogP) is 1.27. The van der Waals surface area contributed by atoms with Crippen molar-refractivity contribution in [3.05, 3.63) is 60.3 Å². The number of fused-ring (bicyclic) bond motifs is 1. The summed E-state index contributed by atoms with van der Waals surface area (Å²) in [5.74, 6) is -1.70. The molecule has 0 radical (unpaired) electrons. The number of rotatable bonds is 5. The number of nitrogens with zero attached hydrogens (tertiary/aromatic N) is 2. The van der Waals surface area contributed by atoms with Gasteiger partial charge in [-0.05, 0) is 24.6 Å². The van der Waals surface area contributed by atoms with Crippen molar-refractivity contribution in [3.63, 3.8) is 0 Å². The first kappa shape index (κ1) is 17.6. The monoisotopic (exact) mass is 353 g/mol. The number of hydrogen-bond acceptors (Lipinski definition) is 4. The van der Waals surface area contributed by atoms with Gasteiger partial charge in [0.25, 0.3) is 5.91 Å². The summed E-state index contributed by atoms with van der Waals surface area (Å²) in [6, 6.07) is 7.97. The molecule has 2 unspecified atom stereocenters. The van der Waals surface area contributed by atoms with Gasteiger partial charge in [0.15, 0.2) is 0 Å². The SMILES string of the molecule is CC1(C(=O)NC(Cc2ccccc2)C(=O)O)CC(=O)N=C2C=CC=CN21. The molecule has 0 aromatic heterocycles. The summed E-state index contributed by atoms with van der Waals surface area (Å²) < 4.78 is 0. The van der Waals surface area contributed by atoms with E-state index in [2.05, 4.69) is 10.3 Å². The highest BCUT2D eigenvalue weighted by Crippen LogP contribution is 2.28. The van der Waals surface area contributed by atoms with Crippen molar-refractivity contribution in [1.82, 2.24) is 10.2 Å². The highest BCUT2D eigenvalue weighted by molar-refractivity contribution is 6.09. The number of aliphatic imine (C=N–C) groups is 1. The van der Waals surface area contributed by atoms with Gasteiger partial charge in [-0.15, -0.1) is 0 Å². The molecule has 7 heteroatoms. The molecule has 3 rings (SSSR count). The second kappa shape index (κ2) is 6.95. The second-order valence-corrected chi connectivity index (χ2v) is 6.44. The fraction of sp³-hybridized carbons (Fsp3) is 0.263. The molecule has 0 fully saturated rings. The number of carboxylic acids is 1. The molecule has 1 aromatic carbocycles. The third kappa shape index (κ3) is 3.42. The van der Waals surface area contributed by atoms with Gasteiger partial charge in [0.2, 0.25) is 5.91 Å². The Morgan fingerprint density at radius 2 is 2.04 bits per heavy atom. The van der Waals surface area contributed by atoms with Crippen LogP contribution in [0.2, 0.25) is 0 Å². The van der Waals surface area contributed by atoms with E-state index in [-0.39, 0.29) is 12.8 Å². The molecule has 0 bridgehead atoms. The number of carbonyl (C=O) groups excluding carboxylic acids is 2. The van der Waals surface area contributed by atoms with E-state index in [1.807, 2.05) is 18.2 Å². The maximum absolute atomic E-state index is 12.9. The Hall–Kier alpha value is -3.22. The lowest BCUT2D eigenvalue weighted by Gasteiger charge is -2.42. The van der Waals surface area contributed by atoms with Crippen LogP contribution in [0.15, 0.2) is 59.8 Å². The predicted molar refractivity (Wildman–Crippen MR) is 95.3 cm³/mol. The van der Waals surface area contributed by atoms with E-state index in [0.29, 0.717) is 5.84 Å². The zero-order valence-corrected chi connectivity index (χ0v) is 14.3. The Labute approximate surface area is 150 Å². The van der Waals surface area contributed by atoms with Crippen LogP contribution < -0.4 is 5.32 Å². The standard InChI is InChI=1S/C19H19N3O4/c1-19(12-16(23)21-15-9-5-6-10-22(15)19)18(26)20-14(17(24)25)11-13-7-3-2-4-8-13/h2-10,14H,11-12H2,1H3,(H,20,26)(H,24,25). The van der Waals surface area contributed by atoms with Crippen LogP contribution in [-0.2, 0) is 20.8 Å². The average Bonchev–Trinajstić information content (AvgIpc) is 2.61. The molecule has 2 atom stereocenters. The molecule has 2 amide bonds. The molecule has 2 aliphatic rings. The molecule has 134 valence electrons. The summed E-state index contributed by atoms with van der Waals surface area (Å²) >= 11 is 0. The summed E-state index contributed by atoms with van der Waals surface area (Å²) in [5, 5.41) is 12.1. The second-order valence-electron chi connectivity index (χ2n) is 6.44. The minimum atomic E-state index is -1.24. The van der Waals surface area contributed by atoms with E-state index in [0.717, 1.165) is 5.56 Å². The third-order valence-electron chi connectivity index (χ3n) is 4.48. The molecule has 1 aromatic rings. The van der Waals surface area contributed by atoms with Crippen LogP contribution in [0.1, 0.15) is 18.9 Å². The number of carbonyl (C=O) groups is 3. The van der Waals surface area contributed by atoms with Crippen molar-refractivity contribution >= 4 is 23.6 Å². The Bertz CT molecular complexity index is 828. The number of carboxylic acid groups (broad SMARTS) is 1. The average molecular weight is 353 g/mol. The van der Waals surface area contributed by atoms with Crippen LogP contribution >= 0.6 is 0 Å². The number of nitrogens with one attached hydrogen (secondary N) is 1. The largest absolute Gasteiger partial charge is 0.480 e. The number of hydrogen-bond donors (Lipinski definition) is 2. The van der Waals surface area contributed by atoms with Crippen molar-refractivity contribution in [2.75, 3.05) is 0 Å². The van der Waals surface area contributed by atoms with Crippen LogP contribution in [0.4, 0.5) is 0 Å². The quantitative estimate of drug-likeness (QED) is 0.831. The first-order valence-corrected chi connectivity index (χ1v) is 8.23. The van der Waals surface area contributed by atoms with E-state index < -0.39 is 29.4 Å². The van der Waals surface area contributed by atoms with Gasteiger partial charge >= 0.3 is 5.97 Å². The van der Waals surface area contributed by atoms with Crippen molar-refractivity contribution in [3.8, 4) is 0 Å². The van der Waals surface area contributed by atoms with Gasteiger partial charge in [-0.3, -0.25) is 9.59 Å². The van der Waals surface area contributed by atoms with Crippen molar-refractivity contribution < 1.29 is 19.5 Å². The lowest BCUT2D eigenvalue weighted by atomic mass is 9.90. The minimum absolute atomic E-state index is 0.127. The molecule has 0 aliphatic carbocycles.